The number of hydrogen-bond acceptors (Lipinski definition) is 2. The van der Waals surface area contributed by atoms with Crippen molar-refractivity contribution < 1.29 is 0 Å². The van der Waals surface area contributed by atoms with Crippen LogP contribution in [0, 0.1) is 4.64 Å². The highest BCUT2D eigenvalue weighted by molar-refractivity contribution is 9.10. The summed E-state index contributed by atoms with van der Waals surface area (Å²) < 4.78 is 1.48. The number of hydrogen-bond donors (Lipinski definition) is 1. The van der Waals surface area contributed by atoms with Crippen LogP contribution in [0.5, 0.6) is 0 Å². The van der Waals surface area contributed by atoms with Crippen molar-refractivity contribution in [3.63, 3.8) is 0 Å². The molecule has 0 aliphatic rings. The quantitative estimate of drug-likeness (QED) is 0.582. The van der Waals surface area contributed by atoms with Gasteiger partial charge in [-0.3, -0.25) is 0 Å². The largest absolute Gasteiger partial charge is 0.342 e. The van der Waals surface area contributed by atoms with E-state index in [4.69, 9.17) is 12.2 Å². The Morgan fingerprint density at radius 1 is 1.10 bits per heavy atom. The fraction of sp³-hybridized carbons (Fsp3) is 0.176. The average molecular weight is 359 g/mol. The zero-order chi connectivity index (χ0) is 15.0. The summed E-state index contributed by atoms with van der Waals surface area (Å²) in [5.74, 6) is 1.17. The van der Waals surface area contributed by atoms with Gasteiger partial charge in [0.25, 0.3) is 0 Å². The van der Waals surface area contributed by atoms with E-state index in [2.05, 4.69) is 64.0 Å². The van der Waals surface area contributed by atoms with Gasteiger partial charge in [-0.25, -0.2) is 4.98 Å². The van der Waals surface area contributed by atoms with Crippen LogP contribution in [0.4, 0.5) is 0 Å². The highest BCUT2D eigenvalue weighted by atomic mass is 79.9. The Bertz CT molecular complexity index is 863. The predicted molar refractivity (Wildman–Crippen MR) is 94.2 cm³/mol. The molecule has 0 amide bonds. The van der Waals surface area contributed by atoms with Gasteiger partial charge >= 0.3 is 0 Å². The Morgan fingerprint density at radius 3 is 2.57 bits per heavy atom. The molecule has 0 bridgehead atoms. The summed E-state index contributed by atoms with van der Waals surface area (Å²) in [4.78, 5) is 7.99. The molecule has 0 saturated heterocycles. The van der Waals surface area contributed by atoms with Gasteiger partial charge in [0.15, 0.2) is 0 Å². The predicted octanol–water partition coefficient (Wildman–Crippen LogP) is 5.85. The second-order valence-electron chi connectivity index (χ2n) is 5.30. The van der Waals surface area contributed by atoms with Gasteiger partial charge in [0.05, 0.1) is 4.47 Å². The molecule has 2 nitrogen and oxygen atoms in total. The van der Waals surface area contributed by atoms with Crippen LogP contribution >= 0.6 is 28.1 Å². The number of fused-ring (bicyclic) bond motifs is 1. The summed E-state index contributed by atoms with van der Waals surface area (Å²) in [6.07, 6.45) is 0. The van der Waals surface area contributed by atoms with Crippen LogP contribution in [0.1, 0.15) is 25.5 Å². The number of rotatable bonds is 2. The number of nitrogens with zero attached hydrogens (tertiary/aromatic N) is 1. The summed E-state index contributed by atoms with van der Waals surface area (Å²) in [5, 5.41) is 2.38. The second kappa shape index (κ2) is 5.70. The molecule has 0 saturated carbocycles. The smallest absolute Gasteiger partial charge is 0.144 e. The van der Waals surface area contributed by atoms with Gasteiger partial charge in [-0.05, 0) is 32.6 Å². The van der Waals surface area contributed by atoms with E-state index in [1.54, 1.807) is 0 Å². The van der Waals surface area contributed by atoms with Crippen LogP contribution in [-0.2, 0) is 0 Å². The summed E-state index contributed by atoms with van der Waals surface area (Å²) in [6, 6.07) is 14.5. The molecule has 0 fully saturated rings. The molecule has 0 atom stereocenters. The third-order valence-corrected chi connectivity index (χ3v) is 4.87. The molecule has 0 spiro atoms. The minimum absolute atomic E-state index is 0.345. The maximum Gasteiger partial charge on any atom is 0.144 e. The molecule has 2 aromatic carbocycles. The summed E-state index contributed by atoms with van der Waals surface area (Å²) in [6.45, 7) is 4.27. The molecular formula is C17H15BrN2S. The fourth-order valence-electron chi connectivity index (χ4n) is 2.43. The van der Waals surface area contributed by atoms with Crippen LogP contribution in [0.2, 0.25) is 0 Å². The van der Waals surface area contributed by atoms with E-state index in [1.165, 1.54) is 10.8 Å². The first-order valence-electron chi connectivity index (χ1n) is 6.86. The van der Waals surface area contributed by atoms with E-state index in [9.17, 15) is 0 Å². The Morgan fingerprint density at radius 2 is 1.81 bits per heavy atom. The SMILES string of the molecule is CC(C)c1[nH]c(-c2cccc3ccccc23)nc(=S)c1Br. The Balaban J connectivity index is 2.31. The maximum atomic E-state index is 5.39. The van der Waals surface area contributed by atoms with Crippen LogP contribution in [0.3, 0.4) is 0 Å². The lowest BCUT2D eigenvalue weighted by Gasteiger charge is -2.12. The van der Waals surface area contributed by atoms with Gasteiger partial charge in [0.2, 0.25) is 0 Å². The summed E-state index contributed by atoms with van der Waals surface area (Å²) >= 11 is 8.93. The standard InChI is InChI=1S/C17H15BrN2S/c1-10(2)15-14(18)17(21)20-16(19-15)13-9-5-7-11-6-3-4-8-12(11)13/h3-10H,1-2H3,(H,19,20,21). The topological polar surface area (TPSA) is 28.7 Å². The van der Waals surface area contributed by atoms with Crippen molar-refractivity contribution in [1.82, 2.24) is 9.97 Å². The highest BCUT2D eigenvalue weighted by Gasteiger charge is 2.12. The lowest BCUT2D eigenvalue weighted by Crippen LogP contribution is -2.00. The van der Waals surface area contributed by atoms with Gasteiger partial charge in [0, 0.05) is 11.3 Å². The fourth-order valence-corrected chi connectivity index (χ4v) is 3.28. The Labute approximate surface area is 137 Å². The van der Waals surface area contributed by atoms with Crippen LogP contribution in [0.15, 0.2) is 46.9 Å². The number of aromatic amines is 1. The van der Waals surface area contributed by atoms with Gasteiger partial charge in [0.1, 0.15) is 10.5 Å². The lowest BCUT2D eigenvalue weighted by atomic mass is 10.0. The molecule has 3 aromatic rings. The first-order chi connectivity index (χ1) is 10.1. The Kier molecular flexibility index (Phi) is 3.91. The minimum atomic E-state index is 0.345. The molecule has 106 valence electrons. The molecule has 0 aliphatic carbocycles. The monoisotopic (exact) mass is 358 g/mol. The van der Waals surface area contributed by atoms with Gasteiger partial charge < -0.3 is 4.98 Å². The lowest BCUT2D eigenvalue weighted by molar-refractivity contribution is 0.807. The van der Waals surface area contributed by atoms with Crippen molar-refractivity contribution >= 4 is 38.9 Å². The van der Waals surface area contributed by atoms with Gasteiger partial charge in [-0.15, -0.1) is 0 Å². The number of nitrogens with one attached hydrogen (secondary N) is 1. The molecule has 4 heteroatoms. The van der Waals surface area contributed by atoms with E-state index < -0.39 is 0 Å². The molecule has 1 aromatic heterocycles. The number of aromatic nitrogens is 2. The molecule has 21 heavy (non-hydrogen) atoms. The van der Waals surface area contributed by atoms with Crippen LogP contribution in [0.25, 0.3) is 22.2 Å². The molecule has 0 unspecified atom stereocenters. The van der Waals surface area contributed by atoms with Gasteiger partial charge in [-0.1, -0.05) is 68.5 Å². The average Bonchev–Trinajstić information content (AvgIpc) is 2.49. The van der Waals surface area contributed by atoms with Crippen molar-refractivity contribution in [1.29, 1.82) is 0 Å². The maximum absolute atomic E-state index is 5.39. The molecular weight excluding hydrogens is 344 g/mol. The molecule has 3 rings (SSSR count). The number of benzene rings is 2. The van der Waals surface area contributed by atoms with E-state index in [0.29, 0.717) is 10.6 Å². The summed E-state index contributed by atoms with van der Waals surface area (Å²) in [5.41, 5.74) is 2.16. The highest BCUT2D eigenvalue weighted by Crippen LogP contribution is 2.30. The third kappa shape index (κ3) is 2.65. The van der Waals surface area contributed by atoms with Crippen molar-refractivity contribution in [2.75, 3.05) is 0 Å². The van der Waals surface area contributed by atoms with E-state index in [1.807, 2.05) is 18.2 Å². The van der Waals surface area contributed by atoms with Crippen LogP contribution < -0.4 is 0 Å². The van der Waals surface area contributed by atoms with E-state index >= 15 is 0 Å². The first-order valence-corrected chi connectivity index (χ1v) is 8.06. The minimum Gasteiger partial charge on any atom is -0.342 e. The van der Waals surface area contributed by atoms with Crippen molar-refractivity contribution in [3.05, 3.63) is 57.3 Å². The first kappa shape index (κ1) is 14.4. The molecule has 1 N–H and O–H groups in total. The zero-order valence-electron chi connectivity index (χ0n) is 11.9. The number of halogens is 1. The van der Waals surface area contributed by atoms with Crippen molar-refractivity contribution in [2.24, 2.45) is 0 Å². The molecule has 0 radical (unpaired) electrons. The number of H-pyrrole nitrogens is 1. The van der Waals surface area contributed by atoms with E-state index in [0.717, 1.165) is 21.6 Å². The normalized spacial score (nSPS) is 11.2. The van der Waals surface area contributed by atoms with Gasteiger partial charge in [-0.2, -0.15) is 0 Å². The van der Waals surface area contributed by atoms with Crippen molar-refractivity contribution in [3.8, 4) is 11.4 Å². The zero-order valence-corrected chi connectivity index (χ0v) is 14.3. The third-order valence-electron chi connectivity index (χ3n) is 3.51. The molecule has 0 aliphatic heterocycles. The Hall–Kier alpha value is -1.52. The second-order valence-corrected chi connectivity index (χ2v) is 6.48. The molecule has 1 heterocycles. The van der Waals surface area contributed by atoms with Crippen LogP contribution in [-0.4, -0.2) is 9.97 Å². The van der Waals surface area contributed by atoms with Crippen molar-refractivity contribution in [2.45, 2.75) is 19.8 Å². The summed E-state index contributed by atoms with van der Waals surface area (Å²) in [7, 11) is 0. The van der Waals surface area contributed by atoms with E-state index in [-0.39, 0.29) is 0 Å².